The van der Waals surface area contributed by atoms with Gasteiger partial charge in [0.15, 0.2) is 0 Å². The van der Waals surface area contributed by atoms with Gasteiger partial charge in [-0.1, -0.05) is 0 Å². The van der Waals surface area contributed by atoms with Crippen LogP contribution in [0.3, 0.4) is 0 Å². The monoisotopic (exact) mass is 413 g/mol. The Bertz CT molecular complexity index is 1040. The molecule has 1 amide bonds. The van der Waals surface area contributed by atoms with E-state index in [1.807, 2.05) is 19.1 Å². The second kappa shape index (κ2) is 8.30. The number of carbonyl (C=O) groups excluding carboxylic acids is 1. The minimum Gasteiger partial charge on any atom is -0.473 e. The minimum atomic E-state index is -0.466. The lowest BCUT2D eigenvalue weighted by molar-refractivity contribution is 0.0198. The van der Waals surface area contributed by atoms with Crippen molar-refractivity contribution < 1.29 is 14.3 Å². The standard InChI is InChI=1S/C20H23N5O3S/c1-11-15-18(23-10-24-20(15)29-16(11)17(21)26)25-14-7-4-8-22-19(14)28-13-6-3-5-12(9-13)27-2/h4,7-8,10,12-13H,3,5-6,9H2,1-2H3,(H2,21,26)(H,23,24,25)/t12-,13?/m0/s1. The summed E-state index contributed by atoms with van der Waals surface area (Å²) in [4.78, 5) is 26.0. The molecule has 152 valence electrons. The van der Waals surface area contributed by atoms with E-state index in [-0.39, 0.29) is 12.2 Å². The van der Waals surface area contributed by atoms with E-state index in [1.54, 1.807) is 13.3 Å². The van der Waals surface area contributed by atoms with Crippen molar-refractivity contribution in [2.75, 3.05) is 12.4 Å². The number of thiophene rings is 1. The summed E-state index contributed by atoms with van der Waals surface area (Å²) >= 11 is 1.27. The zero-order valence-corrected chi connectivity index (χ0v) is 17.2. The van der Waals surface area contributed by atoms with Crippen molar-refractivity contribution in [3.05, 3.63) is 35.1 Å². The molecule has 1 aliphatic rings. The molecular weight excluding hydrogens is 390 g/mol. The van der Waals surface area contributed by atoms with Crippen molar-refractivity contribution in [3.63, 3.8) is 0 Å². The molecule has 4 rings (SSSR count). The fourth-order valence-electron chi connectivity index (χ4n) is 3.69. The topological polar surface area (TPSA) is 112 Å². The molecule has 1 saturated carbocycles. The third-order valence-corrected chi connectivity index (χ3v) is 6.38. The number of hydrogen-bond acceptors (Lipinski definition) is 8. The minimum absolute atomic E-state index is 0.0546. The predicted molar refractivity (Wildman–Crippen MR) is 112 cm³/mol. The molecule has 0 saturated heterocycles. The first-order chi connectivity index (χ1) is 14.1. The molecule has 3 aromatic rings. The molecule has 0 aromatic carbocycles. The molecule has 2 atom stereocenters. The number of aryl methyl sites for hydroxylation is 1. The summed E-state index contributed by atoms with van der Waals surface area (Å²) in [5.41, 5.74) is 6.97. The van der Waals surface area contributed by atoms with E-state index >= 15 is 0 Å². The highest BCUT2D eigenvalue weighted by atomic mass is 32.1. The van der Waals surface area contributed by atoms with Gasteiger partial charge in [0.25, 0.3) is 5.91 Å². The molecule has 9 heteroatoms. The van der Waals surface area contributed by atoms with Crippen LogP contribution >= 0.6 is 11.3 Å². The van der Waals surface area contributed by atoms with Crippen LogP contribution in [0.1, 0.15) is 40.9 Å². The number of rotatable bonds is 6. The van der Waals surface area contributed by atoms with Crippen LogP contribution in [-0.4, -0.2) is 40.2 Å². The van der Waals surface area contributed by atoms with Gasteiger partial charge in [0.1, 0.15) is 28.8 Å². The van der Waals surface area contributed by atoms with E-state index in [2.05, 4.69) is 20.3 Å². The summed E-state index contributed by atoms with van der Waals surface area (Å²) in [6.45, 7) is 1.85. The Balaban J connectivity index is 1.63. The second-order valence-electron chi connectivity index (χ2n) is 7.07. The number of amides is 1. The Morgan fingerprint density at radius 2 is 2.10 bits per heavy atom. The van der Waals surface area contributed by atoms with Crippen LogP contribution in [-0.2, 0) is 4.74 Å². The third-order valence-electron chi connectivity index (χ3n) is 5.16. The highest BCUT2D eigenvalue weighted by Gasteiger charge is 2.25. The zero-order chi connectivity index (χ0) is 20.4. The molecule has 0 aliphatic heterocycles. The highest BCUT2D eigenvalue weighted by Crippen LogP contribution is 2.36. The zero-order valence-electron chi connectivity index (χ0n) is 16.3. The van der Waals surface area contributed by atoms with Crippen molar-refractivity contribution in [1.29, 1.82) is 0 Å². The van der Waals surface area contributed by atoms with Crippen molar-refractivity contribution >= 4 is 39.0 Å². The smallest absolute Gasteiger partial charge is 0.259 e. The van der Waals surface area contributed by atoms with E-state index in [0.29, 0.717) is 27.1 Å². The number of aromatic nitrogens is 3. The number of nitrogens with two attached hydrogens (primary N) is 1. The molecule has 1 fully saturated rings. The highest BCUT2D eigenvalue weighted by molar-refractivity contribution is 7.20. The van der Waals surface area contributed by atoms with Gasteiger partial charge in [-0.15, -0.1) is 11.3 Å². The fraction of sp³-hybridized carbons (Fsp3) is 0.400. The lowest BCUT2D eigenvalue weighted by atomic mass is 9.95. The molecule has 8 nitrogen and oxygen atoms in total. The lowest BCUT2D eigenvalue weighted by Crippen LogP contribution is -2.29. The van der Waals surface area contributed by atoms with Crippen LogP contribution in [0.2, 0.25) is 0 Å². The van der Waals surface area contributed by atoms with Gasteiger partial charge in [-0.25, -0.2) is 15.0 Å². The number of fused-ring (bicyclic) bond motifs is 1. The van der Waals surface area contributed by atoms with Crippen molar-refractivity contribution in [2.45, 2.75) is 44.8 Å². The molecule has 3 N–H and O–H groups in total. The van der Waals surface area contributed by atoms with Crippen molar-refractivity contribution in [1.82, 2.24) is 15.0 Å². The van der Waals surface area contributed by atoms with Gasteiger partial charge in [0.2, 0.25) is 5.88 Å². The maximum Gasteiger partial charge on any atom is 0.259 e. The molecule has 0 spiro atoms. The molecular formula is C20H23N5O3S. The first kappa shape index (κ1) is 19.5. The van der Waals surface area contributed by atoms with E-state index in [9.17, 15) is 4.79 Å². The van der Waals surface area contributed by atoms with Gasteiger partial charge < -0.3 is 20.5 Å². The van der Waals surface area contributed by atoms with Crippen molar-refractivity contribution in [3.8, 4) is 5.88 Å². The summed E-state index contributed by atoms with van der Waals surface area (Å²) in [6, 6.07) is 3.73. The third kappa shape index (κ3) is 4.01. The average molecular weight is 414 g/mol. The van der Waals surface area contributed by atoms with E-state index in [1.165, 1.54) is 17.7 Å². The van der Waals surface area contributed by atoms with E-state index in [4.69, 9.17) is 15.2 Å². The first-order valence-electron chi connectivity index (χ1n) is 9.52. The van der Waals surface area contributed by atoms with Crippen LogP contribution in [0, 0.1) is 6.92 Å². The number of primary amides is 1. The molecule has 1 aliphatic carbocycles. The Morgan fingerprint density at radius 1 is 1.28 bits per heavy atom. The first-order valence-corrected chi connectivity index (χ1v) is 10.3. The maximum atomic E-state index is 11.7. The van der Waals surface area contributed by atoms with E-state index < -0.39 is 5.91 Å². The maximum absolute atomic E-state index is 11.7. The Morgan fingerprint density at radius 3 is 2.90 bits per heavy atom. The number of pyridine rings is 1. The number of methoxy groups -OCH3 is 1. The van der Waals surface area contributed by atoms with Gasteiger partial charge in [-0.3, -0.25) is 4.79 Å². The van der Waals surface area contributed by atoms with Crippen LogP contribution in [0.4, 0.5) is 11.5 Å². The Labute approximate surface area is 172 Å². The van der Waals surface area contributed by atoms with Gasteiger partial charge >= 0.3 is 0 Å². The lowest BCUT2D eigenvalue weighted by Gasteiger charge is -2.28. The fourth-order valence-corrected chi connectivity index (χ4v) is 4.69. The largest absolute Gasteiger partial charge is 0.473 e. The number of anilines is 2. The molecule has 3 aromatic heterocycles. The summed E-state index contributed by atoms with van der Waals surface area (Å²) in [5, 5.41) is 4.08. The number of hydrogen-bond donors (Lipinski definition) is 2. The van der Waals surface area contributed by atoms with Gasteiger partial charge in [-0.05, 0) is 43.9 Å². The van der Waals surface area contributed by atoms with Gasteiger partial charge in [0, 0.05) is 19.7 Å². The van der Waals surface area contributed by atoms with Crippen LogP contribution in [0.5, 0.6) is 5.88 Å². The van der Waals surface area contributed by atoms with Gasteiger partial charge in [0.05, 0.1) is 16.4 Å². The summed E-state index contributed by atoms with van der Waals surface area (Å²) in [7, 11) is 1.74. The molecule has 0 radical (unpaired) electrons. The predicted octanol–water partition coefficient (Wildman–Crippen LogP) is 3.57. The van der Waals surface area contributed by atoms with E-state index in [0.717, 1.165) is 36.6 Å². The molecule has 0 bridgehead atoms. The summed E-state index contributed by atoms with van der Waals surface area (Å²) in [5.74, 6) is 0.642. The molecule has 3 heterocycles. The van der Waals surface area contributed by atoms with Gasteiger partial charge in [-0.2, -0.15) is 0 Å². The summed E-state index contributed by atoms with van der Waals surface area (Å²) in [6.07, 6.45) is 7.38. The normalized spacial score (nSPS) is 19.2. The second-order valence-corrected chi connectivity index (χ2v) is 8.07. The SMILES string of the molecule is CO[C@H]1CCCC(Oc2ncccc2Nc2ncnc3sc(C(N)=O)c(C)c23)C1. The summed E-state index contributed by atoms with van der Waals surface area (Å²) < 4.78 is 11.7. The number of carbonyl (C=O) groups is 1. The van der Waals surface area contributed by atoms with Crippen LogP contribution < -0.4 is 15.8 Å². The molecule has 29 heavy (non-hydrogen) atoms. The molecule has 1 unspecified atom stereocenters. The Kier molecular flexibility index (Phi) is 5.59. The van der Waals surface area contributed by atoms with Crippen LogP contribution in [0.25, 0.3) is 10.2 Å². The number of nitrogens with zero attached hydrogens (tertiary/aromatic N) is 3. The average Bonchev–Trinajstić information content (AvgIpc) is 3.07. The number of nitrogens with one attached hydrogen (secondary N) is 1. The van der Waals surface area contributed by atoms with Crippen molar-refractivity contribution in [2.24, 2.45) is 5.73 Å². The number of ether oxygens (including phenoxy) is 2. The quantitative estimate of drug-likeness (QED) is 0.635. The Hall–Kier alpha value is -2.78. The van der Waals surface area contributed by atoms with Crippen LogP contribution in [0.15, 0.2) is 24.7 Å².